The number of piperidine rings is 1. The zero-order chi connectivity index (χ0) is 21.0. The molecule has 1 aliphatic heterocycles. The molecule has 1 aromatic heterocycles. The fraction of sp³-hybridized carbons (Fsp3) is 0.762. The molecule has 1 aliphatic carbocycles. The molecule has 8 heteroatoms. The van der Waals surface area contributed by atoms with Crippen LogP contribution in [0.15, 0.2) is 17.3 Å². The Balaban J connectivity index is 1.55. The van der Waals surface area contributed by atoms with E-state index in [4.69, 9.17) is 4.74 Å². The Kier molecular flexibility index (Phi) is 6.70. The van der Waals surface area contributed by atoms with Gasteiger partial charge in [0.15, 0.2) is 5.96 Å². The highest BCUT2D eigenvalue weighted by atomic mass is 16.6. The number of amides is 1. The maximum atomic E-state index is 12.8. The van der Waals surface area contributed by atoms with Crippen LogP contribution in [0.25, 0.3) is 0 Å². The zero-order valence-corrected chi connectivity index (χ0v) is 18.5. The van der Waals surface area contributed by atoms with Gasteiger partial charge in [0.05, 0.1) is 12.2 Å². The van der Waals surface area contributed by atoms with Crippen LogP contribution >= 0.6 is 0 Å². The van der Waals surface area contributed by atoms with Crippen molar-refractivity contribution in [1.29, 1.82) is 0 Å². The molecule has 0 bridgehead atoms. The van der Waals surface area contributed by atoms with Gasteiger partial charge in [0, 0.05) is 46.0 Å². The normalized spacial score (nSPS) is 18.7. The van der Waals surface area contributed by atoms with Gasteiger partial charge in [-0.25, -0.2) is 4.79 Å². The Bertz CT molecular complexity index is 711. The lowest BCUT2D eigenvalue weighted by Crippen LogP contribution is -2.52. The van der Waals surface area contributed by atoms with Gasteiger partial charge in [0.25, 0.3) is 0 Å². The van der Waals surface area contributed by atoms with Crippen LogP contribution in [0.5, 0.6) is 0 Å². The van der Waals surface area contributed by atoms with Crippen molar-refractivity contribution < 1.29 is 9.53 Å². The van der Waals surface area contributed by atoms with Crippen molar-refractivity contribution in [1.82, 2.24) is 24.9 Å². The van der Waals surface area contributed by atoms with Crippen molar-refractivity contribution in [3.8, 4) is 0 Å². The smallest absolute Gasteiger partial charge is 0.410 e. The van der Waals surface area contributed by atoms with Crippen molar-refractivity contribution in [2.45, 2.75) is 64.6 Å². The number of hydrogen-bond acceptors (Lipinski definition) is 4. The molecule has 1 aromatic rings. The van der Waals surface area contributed by atoms with Gasteiger partial charge in [-0.3, -0.25) is 9.67 Å². The summed E-state index contributed by atoms with van der Waals surface area (Å²) in [6.45, 7) is 9.06. The zero-order valence-electron chi connectivity index (χ0n) is 18.5. The SMILES string of the molecule is CN=C(NCc1ccnn1C)N1CCC(N(CC2CC2)C(=O)OC(C)(C)C)CC1. The van der Waals surface area contributed by atoms with Crippen molar-refractivity contribution in [2.75, 3.05) is 26.7 Å². The van der Waals surface area contributed by atoms with E-state index in [0.717, 1.165) is 44.1 Å². The average molecular weight is 405 g/mol. The number of carbonyl (C=O) groups excluding carboxylic acids is 1. The second-order valence-corrected chi connectivity index (χ2v) is 9.14. The number of aromatic nitrogens is 2. The Morgan fingerprint density at radius 3 is 2.52 bits per heavy atom. The van der Waals surface area contributed by atoms with E-state index in [1.165, 1.54) is 12.8 Å². The third-order valence-corrected chi connectivity index (χ3v) is 5.55. The molecule has 2 fully saturated rings. The molecule has 0 radical (unpaired) electrons. The highest BCUT2D eigenvalue weighted by molar-refractivity contribution is 5.80. The summed E-state index contributed by atoms with van der Waals surface area (Å²) >= 11 is 0. The van der Waals surface area contributed by atoms with Crippen LogP contribution in [-0.2, 0) is 18.3 Å². The molecular weight excluding hydrogens is 368 g/mol. The molecule has 1 N–H and O–H groups in total. The van der Waals surface area contributed by atoms with E-state index >= 15 is 0 Å². The molecule has 162 valence electrons. The molecule has 0 unspecified atom stereocenters. The summed E-state index contributed by atoms with van der Waals surface area (Å²) in [4.78, 5) is 21.5. The standard InChI is InChI=1S/C21H36N6O2/c1-21(2,3)29-20(28)27(15-16-6-7-16)17-9-12-26(13-10-17)19(22-4)23-14-18-8-11-24-25(18)5/h8,11,16-17H,6-7,9-10,12-15H2,1-5H3,(H,22,23). The van der Waals surface area contributed by atoms with Gasteiger partial charge in [-0.2, -0.15) is 5.10 Å². The number of aliphatic imine (C=N–C) groups is 1. The van der Waals surface area contributed by atoms with Crippen LogP contribution in [0.3, 0.4) is 0 Å². The second kappa shape index (κ2) is 9.05. The summed E-state index contributed by atoms with van der Waals surface area (Å²) in [6.07, 6.45) is 5.94. The highest BCUT2D eigenvalue weighted by Crippen LogP contribution is 2.32. The van der Waals surface area contributed by atoms with Gasteiger partial charge in [-0.1, -0.05) is 0 Å². The number of carbonyl (C=O) groups is 1. The Morgan fingerprint density at radius 1 is 1.31 bits per heavy atom. The molecular formula is C21H36N6O2. The molecule has 0 aromatic carbocycles. The fourth-order valence-corrected chi connectivity index (χ4v) is 3.74. The summed E-state index contributed by atoms with van der Waals surface area (Å²) in [5.41, 5.74) is 0.652. The Morgan fingerprint density at radius 2 is 2.00 bits per heavy atom. The molecule has 29 heavy (non-hydrogen) atoms. The van der Waals surface area contributed by atoms with Crippen LogP contribution in [0.4, 0.5) is 4.79 Å². The predicted molar refractivity (Wildman–Crippen MR) is 114 cm³/mol. The predicted octanol–water partition coefficient (Wildman–Crippen LogP) is 2.61. The minimum atomic E-state index is -0.461. The number of hydrogen-bond donors (Lipinski definition) is 1. The summed E-state index contributed by atoms with van der Waals surface area (Å²) in [5.74, 6) is 1.55. The molecule has 1 saturated carbocycles. The summed E-state index contributed by atoms with van der Waals surface area (Å²) in [5, 5.41) is 7.64. The largest absolute Gasteiger partial charge is 0.444 e. The van der Waals surface area contributed by atoms with E-state index in [-0.39, 0.29) is 12.1 Å². The monoisotopic (exact) mass is 404 g/mol. The Hall–Kier alpha value is -2.25. The number of nitrogens with zero attached hydrogens (tertiary/aromatic N) is 5. The van der Waals surface area contributed by atoms with Crippen molar-refractivity contribution in [3.05, 3.63) is 18.0 Å². The molecule has 1 amide bonds. The van der Waals surface area contributed by atoms with Crippen LogP contribution in [0.2, 0.25) is 0 Å². The maximum Gasteiger partial charge on any atom is 0.410 e. The molecule has 0 atom stereocenters. The number of guanidine groups is 1. The average Bonchev–Trinajstić information content (AvgIpc) is 3.40. The van der Waals surface area contributed by atoms with Crippen LogP contribution in [0.1, 0.15) is 52.1 Å². The molecule has 3 rings (SSSR count). The maximum absolute atomic E-state index is 12.8. The van der Waals surface area contributed by atoms with Crippen LogP contribution in [0, 0.1) is 5.92 Å². The van der Waals surface area contributed by atoms with Gasteiger partial charge < -0.3 is 19.9 Å². The lowest BCUT2D eigenvalue weighted by Gasteiger charge is -2.40. The number of nitrogens with one attached hydrogen (secondary N) is 1. The Labute approximate surface area is 174 Å². The van der Waals surface area contributed by atoms with Gasteiger partial charge in [0.2, 0.25) is 0 Å². The molecule has 2 aliphatic rings. The van der Waals surface area contributed by atoms with E-state index in [9.17, 15) is 4.79 Å². The van der Waals surface area contributed by atoms with Crippen molar-refractivity contribution in [3.63, 3.8) is 0 Å². The highest BCUT2D eigenvalue weighted by Gasteiger charge is 2.35. The van der Waals surface area contributed by atoms with E-state index in [0.29, 0.717) is 12.5 Å². The fourth-order valence-electron chi connectivity index (χ4n) is 3.74. The van der Waals surface area contributed by atoms with E-state index < -0.39 is 5.60 Å². The first-order valence-electron chi connectivity index (χ1n) is 10.7. The minimum absolute atomic E-state index is 0.165. The number of ether oxygens (including phenoxy) is 1. The van der Waals surface area contributed by atoms with E-state index in [2.05, 4.69) is 20.3 Å². The first kappa shape index (κ1) is 21.5. The summed E-state index contributed by atoms with van der Waals surface area (Å²) in [7, 11) is 3.76. The van der Waals surface area contributed by atoms with Gasteiger partial charge >= 0.3 is 6.09 Å². The van der Waals surface area contributed by atoms with E-state index in [1.807, 2.05) is 50.5 Å². The van der Waals surface area contributed by atoms with Crippen LogP contribution in [-0.4, -0.2) is 70.0 Å². The van der Waals surface area contributed by atoms with Crippen LogP contribution < -0.4 is 5.32 Å². The van der Waals surface area contributed by atoms with Crippen molar-refractivity contribution in [2.24, 2.45) is 18.0 Å². The molecule has 2 heterocycles. The van der Waals surface area contributed by atoms with Gasteiger partial charge in [0.1, 0.15) is 5.60 Å². The quantitative estimate of drug-likeness (QED) is 0.603. The van der Waals surface area contributed by atoms with Gasteiger partial charge in [-0.15, -0.1) is 0 Å². The molecule has 1 saturated heterocycles. The first-order chi connectivity index (χ1) is 13.8. The second-order valence-electron chi connectivity index (χ2n) is 9.14. The number of likely N-dealkylation sites (tertiary alicyclic amines) is 1. The first-order valence-corrected chi connectivity index (χ1v) is 10.7. The van der Waals surface area contributed by atoms with E-state index in [1.54, 1.807) is 6.20 Å². The lowest BCUT2D eigenvalue weighted by molar-refractivity contribution is 0.00928. The molecule has 0 spiro atoms. The lowest BCUT2D eigenvalue weighted by atomic mass is 10.0. The summed E-state index contributed by atoms with van der Waals surface area (Å²) in [6, 6.07) is 2.24. The minimum Gasteiger partial charge on any atom is -0.444 e. The topological polar surface area (TPSA) is 75.0 Å². The number of aryl methyl sites for hydroxylation is 1. The van der Waals surface area contributed by atoms with Gasteiger partial charge in [-0.05, 0) is 58.4 Å². The third kappa shape index (κ3) is 6.11. The van der Waals surface area contributed by atoms with Crippen molar-refractivity contribution >= 4 is 12.1 Å². The summed E-state index contributed by atoms with van der Waals surface area (Å²) < 4.78 is 7.56. The third-order valence-electron chi connectivity index (χ3n) is 5.55. The molecule has 8 nitrogen and oxygen atoms in total. The number of rotatable bonds is 5.